The number of alkyl halides is 1. The standard InChI is InChI=1S/C14H15ClO/c1-11-9-13-10-12(5-3-2-4-8-15)6-7-14(13)16-11/h6-7,10-11H,2,4,8-9H2,1H3. The highest BCUT2D eigenvalue weighted by atomic mass is 35.5. The van der Waals surface area contributed by atoms with Crippen LogP contribution in [0.4, 0.5) is 0 Å². The number of hydrogen-bond acceptors (Lipinski definition) is 1. The van der Waals surface area contributed by atoms with E-state index in [0.717, 1.165) is 30.6 Å². The maximum Gasteiger partial charge on any atom is 0.123 e. The van der Waals surface area contributed by atoms with Crippen LogP contribution in [-0.2, 0) is 6.42 Å². The highest BCUT2D eigenvalue weighted by molar-refractivity contribution is 6.17. The first-order valence-corrected chi connectivity index (χ1v) is 6.17. The van der Waals surface area contributed by atoms with Crippen molar-refractivity contribution in [3.63, 3.8) is 0 Å². The van der Waals surface area contributed by atoms with Gasteiger partial charge in [0.15, 0.2) is 0 Å². The average molecular weight is 235 g/mol. The van der Waals surface area contributed by atoms with Crippen molar-refractivity contribution in [2.45, 2.75) is 32.3 Å². The fraction of sp³-hybridized carbons (Fsp3) is 0.429. The molecule has 1 heterocycles. The molecule has 0 fully saturated rings. The van der Waals surface area contributed by atoms with Gasteiger partial charge in [-0.15, -0.1) is 11.6 Å². The summed E-state index contributed by atoms with van der Waals surface area (Å²) < 4.78 is 5.64. The Balaban J connectivity index is 2.07. The summed E-state index contributed by atoms with van der Waals surface area (Å²) in [4.78, 5) is 0. The van der Waals surface area contributed by atoms with Gasteiger partial charge in [0.1, 0.15) is 11.9 Å². The van der Waals surface area contributed by atoms with Crippen molar-refractivity contribution in [1.82, 2.24) is 0 Å². The van der Waals surface area contributed by atoms with Gasteiger partial charge in [-0.05, 0) is 37.1 Å². The lowest BCUT2D eigenvalue weighted by atomic mass is 10.1. The quantitative estimate of drug-likeness (QED) is 0.433. The van der Waals surface area contributed by atoms with Gasteiger partial charge in [0.2, 0.25) is 0 Å². The van der Waals surface area contributed by atoms with Crippen LogP contribution in [0.3, 0.4) is 0 Å². The van der Waals surface area contributed by atoms with E-state index in [-0.39, 0.29) is 0 Å². The number of unbranched alkanes of at least 4 members (excludes halogenated alkanes) is 1. The summed E-state index contributed by atoms with van der Waals surface area (Å²) >= 11 is 5.59. The fourth-order valence-electron chi connectivity index (χ4n) is 1.82. The lowest BCUT2D eigenvalue weighted by Crippen LogP contribution is -2.05. The number of ether oxygens (including phenoxy) is 1. The molecule has 0 saturated carbocycles. The van der Waals surface area contributed by atoms with Gasteiger partial charge in [-0.3, -0.25) is 0 Å². The summed E-state index contributed by atoms with van der Waals surface area (Å²) in [6.07, 6.45) is 3.12. The van der Waals surface area contributed by atoms with E-state index in [1.807, 2.05) is 12.1 Å². The third-order valence-corrected chi connectivity index (χ3v) is 2.83. The van der Waals surface area contributed by atoms with Gasteiger partial charge in [-0.25, -0.2) is 0 Å². The van der Waals surface area contributed by atoms with Gasteiger partial charge in [-0.2, -0.15) is 0 Å². The molecule has 1 aromatic carbocycles. The van der Waals surface area contributed by atoms with Crippen LogP contribution in [0.15, 0.2) is 18.2 Å². The third-order valence-electron chi connectivity index (χ3n) is 2.56. The first-order valence-electron chi connectivity index (χ1n) is 5.64. The van der Waals surface area contributed by atoms with Gasteiger partial charge >= 0.3 is 0 Å². The predicted octanol–water partition coefficient (Wildman–Crippen LogP) is 3.38. The molecular formula is C14H15ClO. The monoisotopic (exact) mass is 234 g/mol. The van der Waals surface area contributed by atoms with E-state index in [4.69, 9.17) is 16.3 Å². The van der Waals surface area contributed by atoms with Crippen molar-refractivity contribution in [2.75, 3.05) is 5.88 Å². The molecule has 1 atom stereocenters. The minimum atomic E-state index is 0.300. The van der Waals surface area contributed by atoms with Gasteiger partial charge < -0.3 is 4.74 Å². The van der Waals surface area contributed by atoms with Crippen molar-refractivity contribution in [2.24, 2.45) is 0 Å². The molecule has 0 spiro atoms. The molecule has 1 nitrogen and oxygen atoms in total. The molecule has 0 aromatic heterocycles. The molecule has 0 saturated heterocycles. The second-order valence-corrected chi connectivity index (χ2v) is 4.43. The normalized spacial score (nSPS) is 17.2. The molecule has 2 heteroatoms. The van der Waals surface area contributed by atoms with Gasteiger partial charge in [0.05, 0.1) is 0 Å². The Morgan fingerprint density at radius 1 is 1.50 bits per heavy atom. The molecule has 0 N–H and O–H groups in total. The summed E-state index contributed by atoms with van der Waals surface area (Å²) in [5.74, 6) is 7.99. The number of fused-ring (bicyclic) bond motifs is 1. The SMILES string of the molecule is CC1Cc2cc(C#CCCCCl)ccc2O1. The van der Waals surface area contributed by atoms with Crippen LogP contribution in [0.5, 0.6) is 5.75 Å². The first kappa shape index (κ1) is 11.4. The van der Waals surface area contributed by atoms with Crippen LogP contribution in [0.2, 0.25) is 0 Å². The average Bonchev–Trinajstić information content (AvgIpc) is 2.64. The topological polar surface area (TPSA) is 9.23 Å². The molecule has 0 bridgehead atoms. The number of halogens is 1. The first-order chi connectivity index (χ1) is 7.79. The Morgan fingerprint density at radius 3 is 3.19 bits per heavy atom. The van der Waals surface area contributed by atoms with Crippen molar-refractivity contribution in [1.29, 1.82) is 0 Å². The molecule has 84 valence electrons. The zero-order chi connectivity index (χ0) is 11.4. The third kappa shape index (κ3) is 2.71. The summed E-state index contributed by atoms with van der Waals surface area (Å²) in [5.41, 5.74) is 2.35. The van der Waals surface area contributed by atoms with E-state index in [9.17, 15) is 0 Å². The summed E-state index contributed by atoms with van der Waals surface area (Å²) in [6.45, 7) is 2.09. The second kappa shape index (κ2) is 5.27. The molecule has 2 rings (SSSR count). The molecule has 0 amide bonds. The highest BCUT2D eigenvalue weighted by Crippen LogP contribution is 2.29. The van der Waals surface area contributed by atoms with E-state index in [2.05, 4.69) is 24.8 Å². The minimum Gasteiger partial charge on any atom is -0.490 e. The van der Waals surface area contributed by atoms with E-state index < -0.39 is 0 Å². The van der Waals surface area contributed by atoms with Gasteiger partial charge in [0.25, 0.3) is 0 Å². The number of hydrogen-bond donors (Lipinski definition) is 0. The number of benzene rings is 1. The molecule has 16 heavy (non-hydrogen) atoms. The van der Waals surface area contributed by atoms with E-state index in [1.165, 1.54) is 5.56 Å². The van der Waals surface area contributed by atoms with Crippen molar-refractivity contribution in [3.8, 4) is 17.6 Å². The van der Waals surface area contributed by atoms with Crippen LogP contribution in [-0.4, -0.2) is 12.0 Å². The molecular weight excluding hydrogens is 220 g/mol. The Hall–Kier alpha value is -1.13. The Bertz CT molecular complexity index is 428. The maximum absolute atomic E-state index is 5.64. The van der Waals surface area contributed by atoms with E-state index >= 15 is 0 Å². The lowest BCUT2D eigenvalue weighted by molar-refractivity contribution is 0.254. The minimum absolute atomic E-state index is 0.300. The Kier molecular flexibility index (Phi) is 3.74. The van der Waals surface area contributed by atoms with Crippen LogP contribution in [0.1, 0.15) is 30.9 Å². The van der Waals surface area contributed by atoms with Crippen molar-refractivity contribution >= 4 is 11.6 Å². The fourth-order valence-corrected chi connectivity index (χ4v) is 1.95. The summed E-state index contributed by atoms with van der Waals surface area (Å²) in [6, 6.07) is 6.17. The van der Waals surface area contributed by atoms with Crippen LogP contribution < -0.4 is 4.74 Å². The van der Waals surface area contributed by atoms with Crippen LogP contribution in [0, 0.1) is 11.8 Å². The zero-order valence-electron chi connectivity index (χ0n) is 9.42. The van der Waals surface area contributed by atoms with E-state index in [0.29, 0.717) is 12.0 Å². The molecule has 0 radical (unpaired) electrons. The lowest BCUT2D eigenvalue weighted by Gasteiger charge is -2.01. The molecule has 0 aliphatic carbocycles. The second-order valence-electron chi connectivity index (χ2n) is 4.05. The number of rotatable bonds is 2. The van der Waals surface area contributed by atoms with Gasteiger partial charge in [0, 0.05) is 24.3 Å². The predicted molar refractivity (Wildman–Crippen MR) is 67.1 cm³/mol. The Morgan fingerprint density at radius 2 is 2.38 bits per heavy atom. The van der Waals surface area contributed by atoms with Crippen molar-refractivity contribution < 1.29 is 4.74 Å². The molecule has 1 unspecified atom stereocenters. The largest absolute Gasteiger partial charge is 0.490 e. The van der Waals surface area contributed by atoms with Crippen molar-refractivity contribution in [3.05, 3.63) is 29.3 Å². The molecule has 1 aromatic rings. The smallest absolute Gasteiger partial charge is 0.123 e. The van der Waals surface area contributed by atoms with Gasteiger partial charge in [-0.1, -0.05) is 11.8 Å². The van der Waals surface area contributed by atoms with Crippen LogP contribution in [0.25, 0.3) is 0 Å². The highest BCUT2D eigenvalue weighted by Gasteiger charge is 2.18. The summed E-state index contributed by atoms with van der Waals surface area (Å²) in [7, 11) is 0. The molecule has 1 aliphatic rings. The maximum atomic E-state index is 5.64. The van der Waals surface area contributed by atoms with Crippen LogP contribution >= 0.6 is 11.6 Å². The summed E-state index contributed by atoms with van der Waals surface area (Å²) in [5, 5.41) is 0. The Labute approximate surface area is 102 Å². The zero-order valence-corrected chi connectivity index (χ0v) is 10.2. The molecule has 1 aliphatic heterocycles. The van der Waals surface area contributed by atoms with E-state index in [1.54, 1.807) is 0 Å².